The van der Waals surface area contributed by atoms with Crippen LogP contribution in [0.25, 0.3) is 0 Å². The Labute approximate surface area is 133 Å². The molecule has 1 rings (SSSR count). The van der Waals surface area contributed by atoms with E-state index in [-0.39, 0.29) is 0 Å². The van der Waals surface area contributed by atoms with Crippen molar-refractivity contribution in [3.63, 3.8) is 0 Å². The SMILES string of the molecule is C[C](=[Cr])N1C[C@@H](C)O[C@H](C)C1.[C-]#[O+].[C-]#[O+].[C-]#[O+].[C-]#[O+].[C-]#[O+]. The maximum absolute atomic E-state index is 7.50. The Morgan fingerprint density at radius 3 is 1.29 bits per heavy atom. The van der Waals surface area contributed by atoms with Gasteiger partial charge in [-0.1, -0.05) is 0 Å². The van der Waals surface area contributed by atoms with Crippen LogP contribution in [0.5, 0.6) is 0 Å². The van der Waals surface area contributed by atoms with Crippen LogP contribution in [0.2, 0.25) is 0 Å². The first-order valence-electron chi connectivity index (χ1n) is 5.02. The molecule has 0 aromatic carbocycles. The van der Waals surface area contributed by atoms with Gasteiger partial charge < -0.3 is 0 Å². The Kier molecular flexibility index (Phi) is 48.0. The Balaban J connectivity index is -0.0000000727. The third-order valence-corrected chi connectivity index (χ3v) is 2.27. The van der Waals surface area contributed by atoms with Gasteiger partial charge in [-0.05, 0) is 0 Å². The predicted octanol–water partition coefficient (Wildman–Crippen LogP) is 0.605. The van der Waals surface area contributed by atoms with Crippen LogP contribution in [0.4, 0.5) is 0 Å². The molecule has 1 aliphatic heterocycles. The van der Waals surface area contributed by atoms with E-state index in [9.17, 15) is 0 Å². The van der Waals surface area contributed by atoms with Gasteiger partial charge in [0.2, 0.25) is 0 Å². The predicted molar refractivity (Wildman–Crippen MR) is 61.9 cm³/mol. The molecule has 0 aromatic heterocycles. The van der Waals surface area contributed by atoms with E-state index in [1.807, 2.05) is 0 Å². The van der Waals surface area contributed by atoms with Crippen molar-refractivity contribution in [2.45, 2.75) is 33.0 Å². The fraction of sp³-hybridized carbons (Fsp3) is 0.538. The van der Waals surface area contributed by atoms with Gasteiger partial charge in [0.05, 0.1) is 0 Å². The standard InChI is InChI=1S/C8H15NO.5CO.Cr/c1-4-9-5-7(2)10-8(3)6-9;5*1-2;/h7-8H,5-6H2,1-3H3;;;;;;/t7-,8-;;;;;;/m1....../s1. The molecule has 0 aromatic rings. The van der Waals surface area contributed by atoms with Gasteiger partial charge in [0.1, 0.15) is 0 Å². The summed E-state index contributed by atoms with van der Waals surface area (Å²) in [6.07, 6.45) is 0.726. The van der Waals surface area contributed by atoms with Crippen molar-refractivity contribution in [3.8, 4) is 0 Å². The van der Waals surface area contributed by atoms with Crippen LogP contribution >= 0.6 is 0 Å². The van der Waals surface area contributed by atoms with E-state index in [1.54, 1.807) is 0 Å². The molecule has 0 saturated carbocycles. The first kappa shape index (κ1) is 32.1. The number of hydrogen-bond acceptors (Lipinski definition) is 2. The van der Waals surface area contributed by atoms with Gasteiger partial charge in [-0.3, -0.25) is 0 Å². The number of ether oxygens (including phenoxy) is 1. The van der Waals surface area contributed by atoms with Crippen molar-refractivity contribution in [1.29, 1.82) is 0 Å². The van der Waals surface area contributed by atoms with Gasteiger partial charge >= 0.3 is 133 Å². The van der Waals surface area contributed by atoms with Gasteiger partial charge in [-0.25, -0.2) is 0 Å². The summed E-state index contributed by atoms with van der Waals surface area (Å²) >= 11 is 3.04. The van der Waals surface area contributed by atoms with Crippen LogP contribution in [-0.4, -0.2) is 34.7 Å². The molecule has 1 heterocycles. The van der Waals surface area contributed by atoms with Crippen LogP contribution in [0.3, 0.4) is 0 Å². The number of nitrogens with zero attached hydrogens (tertiary/aromatic N) is 1. The summed E-state index contributed by atoms with van der Waals surface area (Å²) in [4.78, 5) is 2.33. The summed E-state index contributed by atoms with van der Waals surface area (Å²) in [5.74, 6) is 0. The fourth-order valence-electron chi connectivity index (χ4n) is 1.44. The van der Waals surface area contributed by atoms with E-state index in [0.29, 0.717) is 12.2 Å². The third kappa shape index (κ3) is 24.4. The second kappa shape index (κ2) is 31.4. The van der Waals surface area contributed by atoms with Crippen LogP contribution in [0.15, 0.2) is 0 Å². The normalized spacial score (nSPS) is 18.1. The van der Waals surface area contributed by atoms with Crippen LogP contribution in [-0.2, 0) is 43.8 Å². The quantitative estimate of drug-likeness (QED) is 0.517. The van der Waals surface area contributed by atoms with E-state index < -0.39 is 0 Å². The summed E-state index contributed by atoms with van der Waals surface area (Å²) < 4.78 is 44.4. The molecule has 8 heteroatoms. The maximum atomic E-state index is 7.50. The van der Waals surface area contributed by atoms with Crippen molar-refractivity contribution in [1.82, 2.24) is 4.90 Å². The second-order valence-corrected chi connectivity index (χ2v) is 4.10. The van der Waals surface area contributed by atoms with Crippen molar-refractivity contribution in [2.24, 2.45) is 0 Å². The molecule has 0 unspecified atom stereocenters. The van der Waals surface area contributed by atoms with Gasteiger partial charge in [0.25, 0.3) is 0 Å². The summed E-state index contributed by atoms with van der Waals surface area (Å²) in [7, 11) is 0. The Hall–Kier alpha value is -0.978. The molecular weight excluding hydrogens is 318 g/mol. The van der Waals surface area contributed by atoms with Crippen LogP contribution in [0.1, 0.15) is 20.8 Å². The number of rotatable bonds is 1. The van der Waals surface area contributed by atoms with Gasteiger partial charge in [0, 0.05) is 0 Å². The fourth-order valence-corrected chi connectivity index (χ4v) is 1.67. The third-order valence-electron chi connectivity index (χ3n) is 1.86. The molecule has 0 N–H and O–H groups in total. The number of morpholine rings is 1. The van der Waals surface area contributed by atoms with Crippen LogP contribution < -0.4 is 0 Å². The van der Waals surface area contributed by atoms with E-state index in [1.165, 1.54) is 4.50 Å². The Bertz CT molecular complexity index is 289. The molecule has 0 aliphatic carbocycles. The molecule has 21 heavy (non-hydrogen) atoms. The Morgan fingerprint density at radius 2 is 1.10 bits per heavy atom. The van der Waals surface area contributed by atoms with Gasteiger partial charge in [-0.2, -0.15) is 0 Å². The topological polar surface area (TPSA) is 112 Å². The first-order chi connectivity index (χ1) is 10.1. The molecule has 0 spiro atoms. The molecule has 114 valence electrons. The monoisotopic (exact) mass is 333 g/mol. The summed E-state index contributed by atoms with van der Waals surface area (Å²) in [6.45, 7) is 30.9. The molecule has 2 atom stereocenters. The van der Waals surface area contributed by atoms with E-state index in [2.05, 4.69) is 74.8 Å². The number of hydrogen-bond donors (Lipinski definition) is 0. The zero-order valence-electron chi connectivity index (χ0n) is 11.9. The molecule has 1 aliphatic rings. The van der Waals surface area contributed by atoms with E-state index in [4.69, 9.17) is 28.0 Å². The van der Waals surface area contributed by atoms with Crippen LogP contribution in [0, 0.1) is 33.3 Å². The molecule has 0 bridgehead atoms. The molecule has 7 nitrogen and oxygen atoms in total. The van der Waals surface area contributed by atoms with E-state index in [0.717, 1.165) is 13.1 Å². The van der Waals surface area contributed by atoms with Crippen molar-refractivity contribution < 1.29 is 43.8 Å². The first-order valence-corrected chi connectivity index (χ1v) is 5.66. The zero-order valence-corrected chi connectivity index (χ0v) is 13.1. The average Bonchev–Trinajstić information content (AvgIpc) is 2.56. The zero-order chi connectivity index (χ0) is 18.4. The van der Waals surface area contributed by atoms with Gasteiger partial charge in [0.15, 0.2) is 0 Å². The molecular formula is C13H15CrNO6. The Morgan fingerprint density at radius 1 is 0.857 bits per heavy atom. The second-order valence-electron chi connectivity index (χ2n) is 3.18. The molecule has 0 radical (unpaired) electrons. The summed E-state index contributed by atoms with van der Waals surface area (Å²) in [5, 5.41) is 0. The van der Waals surface area contributed by atoms with Crippen molar-refractivity contribution in [2.75, 3.05) is 13.1 Å². The van der Waals surface area contributed by atoms with Gasteiger partial charge in [-0.15, -0.1) is 0 Å². The minimum absolute atomic E-state index is 0.363. The molecule has 0 amide bonds. The van der Waals surface area contributed by atoms with Crippen molar-refractivity contribution in [3.05, 3.63) is 33.3 Å². The average molecular weight is 333 g/mol. The minimum atomic E-state index is 0.363. The van der Waals surface area contributed by atoms with Crippen molar-refractivity contribution >= 4 is 4.50 Å². The molecule has 1 fully saturated rings. The molecule has 1 saturated heterocycles. The summed E-state index contributed by atoms with van der Waals surface area (Å²) in [5.41, 5.74) is 0. The van der Waals surface area contributed by atoms with E-state index >= 15 is 0 Å². The summed E-state index contributed by atoms with van der Waals surface area (Å²) in [6, 6.07) is 0.